The van der Waals surface area contributed by atoms with Crippen molar-refractivity contribution in [3.05, 3.63) is 22.7 Å². The standard InChI is InChI=1S/C10H12N4O4/c11-3-5-8(16)6(4-15)18-9(5)14-2-1-7(12)13-10(14)17/h1-2,5-6,8-9,15-16H,4H2,(H2,12,13,17)/t5-,6+,8-,9+/m0/s1. The first-order valence-corrected chi connectivity index (χ1v) is 5.27. The normalized spacial score (nSPS) is 31.2. The van der Waals surface area contributed by atoms with Gasteiger partial charge in [0.05, 0.1) is 12.7 Å². The Hall–Kier alpha value is -1.95. The molecule has 1 saturated heterocycles. The Kier molecular flexibility index (Phi) is 3.29. The highest BCUT2D eigenvalue weighted by Crippen LogP contribution is 2.33. The van der Waals surface area contributed by atoms with E-state index >= 15 is 0 Å². The summed E-state index contributed by atoms with van der Waals surface area (Å²) in [5, 5.41) is 27.8. The molecule has 0 unspecified atom stereocenters. The molecule has 1 fully saturated rings. The van der Waals surface area contributed by atoms with Crippen molar-refractivity contribution in [2.75, 3.05) is 12.3 Å². The van der Waals surface area contributed by atoms with Gasteiger partial charge in [0.1, 0.15) is 23.9 Å². The molecule has 8 heteroatoms. The number of aromatic nitrogens is 2. The van der Waals surface area contributed by atoms with Crippen LogP contribution in [0.3, 0.4) is 0 Å². The Morgan fingerprint density at radius 1 is 1.67 bits per heavy atom. The zero-order valence-corrected chi connectivity index (χ0v) is 9.30. The summed E-state index contributed by atoms with van der Waals surface area (Å²) < 4.78 is 6.37. The van der Waals surface area contributed by atoms with Crippen LogP contribution in [-0.4, -0.2) is 38.6 Å². The molecule has 0 bridgehead atoms. The minimum atomic E-state index is -1.16. The Labute approximate surface area is 102 Å². The van der Waals surface area contributed by atoms with Gasteiger partial charge in [-0.25, -0.2) is 4.79 Å². The van der Waals surface area contributed by atoms with Gasteiger partial charge in [0.2, 0.25) is 0 Å². The van der Waals surface area contributed by atoms with Gasteiger partial charge in [-0.2, -0.15) is 10.2 Å². The molecule has 8 nitrogen and oxygen atoms in total. The summed E-state index contributed by atoms with van der Waals surface area (Å²) in [5.74, 6) is -0.896. The summed E-state index contributed by atoms with van der Waals surface area (Å²) >= 11 is 0. The van der Waals surface area contributed by atoms with E-state index < -0.39 is 36.7 Å². The molecule has 1 aromatic heterocycles. The second-order valence-corrected chi connectivity index (χ2v) is 3.94. The van der Waals surface area contributed by atoms with Crippen LogP contribution >= 0.6 is 0 Å². The van der Waals surface area contributed by atoms with Crippen molar-refractivity contribution < 1.29 is 14.9 Å². The van der Waals surface area contributed by atoms with Gasteiger partial charge in [0.25, 0.3) is 0 Å². The first kappa shape index (κ1) is 12.5. The summed E-state index contributed by atoms with van der Waals surface area (Å²) in [4.78, 5) is 15.1. The summed E-state index contributed by atoms with van der Waals surface area (Å²) in [6.45, 7) is -0.438. The molecule has 0 amide bonds. The van der Waals surface area contributed by atoms with Gasteiger partial charge in [0.15, 0.2) is 6.23 Å². The summed E-state index contributed by atoms with van der Waals surface area (Å²) in [6.07, 6.45) is -1.70. The average molecular weight is 252 g/mol. The van der Waals surface area contributed by atoms with E-state index in [-0.39, 0.29) is 5.82 Å². The smallest absolute Gasteiger partial charge is 0.351 e. The molecule has 18 heavy (non-hydrogen) atoms. The van der Waals surface area contributed by atoms with Crippen LogP contribution in [-0.2, 0) is 4.74 Å². The number of nitrogens with zero attached hydrogens (tertiary/aromatic N) is 3. The Balaban J connectivity index is 2.39. The van der Waals surface area contributed by atoms with Crippen LogP contribution in [0, 0.1) is 17.2 Å². The predicted octanol–water partition coefficient (Wildman–Crippen LogP) is -1.78. The second-order valence-electron chi connectivity index (χ2n) is 3.94. The number of anilines is 1. The van der Waals surface area contributed by atoms with E-state index in [1.807, 2.05) is 6.07 Å². The van der Waals surface area contributed by atoms with E-state index in [9.17, 15) is 9.90 Å². The van der Waals surface area contributed by atoms with Gasteiger partial charge in [-0.1, -0.05) is 0 Å². The van der Waals surface area contributed by atoms with Crippen molar-refractivity contribution in [1.29, 1.82) is 5.26 Å². The van der Waals surface area contributed by atoms with E-state index in [2.05, 4.69) is 4.98 Å². The lowest BCUT2D eigenvalue weighted by Crippen LogP contribution is -2.31. The van der Waals surface area contributed by atoms with E-state index in [4.69, 9.17) is 20.8 Å². The van der Waals surface area contributed by atoms with E-state index in [1.54, 1.807) is 0 Å². The fourth-order valence-electron chi connectivity index (χ4n) is 1.89. The number of hydrogen-bond acceptors (Lipinski definition) is 7. The van der Waals surface area contributed by atoms with Gasteiger partial charge in [-0.3, -0.25) is 4.57 Å². The molecular formula is C10H12N4O4. The van der Waals surface area contributed by atoms with Gasteiger partial charge in [-0.15, -0.1) is 0 Å². The molecule has 1 aliphatic heterocycles. The maximum absolute atomic E-state index is 11.6. The molecule has 4 atom stereocenters. The number of ether oxygens (including phenoxy) is 1. The number of nitriles is 1. The van der Waals surface area contributed by atoms with Crippen LogP contribution in [0.2, 0.25) is 0 Å². The Bertz CT molecular complexity index is 537. The van der Waals surface area contributed by atoms with Crippen LogP contribution in [0.1, 0.15) is 6.23 Å². The number of nitrogen functional groups attached to an aromatic ring is 1. The minimum Gasteiger partial charge on any atom is -0.394 e. The molecule has 0 saturated carbocycles. The van der Waals surface area contributed by atoms with Crippen molar-refractivity contribution in [1.82, 2.24) is 9.55 Å². The van der Waals surface area contributed by atoms with Crippen LogP contribution in [0.15, 0.2) is 17.1 Å². The van der Waals surface area contributed by atoms with E-state index in [1.165, 1.54) is 12.3 Å². The van der Waals surface area contributed by atoms with Gasteiger partial charge < -0.3 is 20.7 Å². The van der Waals surface area contributed by atoms with Crippen molar-refractivity contribution in [2.45, 2.75) is 18.4 Å². The van der Waals surface area contributed by atoms with Gasteiger partial charge in [-0.05, 0) is 6.07 Å². The lowest BCUT2D eigenvalue weighted by atomic mass is 10.0. The van der Waals surface area contributed by atoms with Gasteiger partial charge in [0, 0.05) is 6.20 Å². The molecule has 2 heterocycles. The minimum absolute atomic E-state index is 0.0574. The van der Waals surface area contributed by atoms with E-state index in [0.717, 1.165) is 4.57 Å². The maximum Gasteiger partial charge on any atom is 0.351 e. The Morgan fingerprint density at radius 2 is 2.39 bits per heavy atom. The number of rotatable bonds is 2. The third-order valence-electron chi connectivity index (χ3n) is 2.82. The third-order valence-corrected chi connectivity index (χ3v) is 2.82. The molecular weight excluding hydrogens is 240 g/mol. The zero-order chi connectivity index (χ0) is 13.3. The van der Waals surface area contributed by atoms with Crippen molar-refractivity contribution in [3.8, 4) is 6.07 Å². The number of hydrogen-bond donors (Lipinski definition) is 3. The van der Waals surface area contributed by atoms with Crippen molar-refractivity contribution in [3.63, 3.8) is 0 Å². The number of nitrogens with two attached hydrogens (primary N) is 1. The second kappa shape index (κ2) is 4.73. The van der Waals surface area contributed by atoms with Crippen molar-refractivity contribution >= 4 is 5.82 Å². The van der Waals surface area contributed by atoms with Crippen LogP contribution in [0.4, 0.5) is 5.82 Å². The fourth-order valence-corrected chi connectivity index (χ4v) is 1.89. The molecule has 2 rings (SSSR count). The molecule has 1 aliphatic rings. The highest BCUT2D eigenvalue weighted by Gasteiger charge is 2.45. The maximum atomic E-state index is 11.6. The molecule has 0 aliphatic carbocycles. The number of aliphatic hydroxyl groups is 2. The SMILES string of the molecule is N#C[C@H]1[C@H](O)[C@@H](CO)O[C@H]1n1ccc(N)nc1=O. The molecule has 96 valence electrons. The molecule has 0 aromatic carbocycles. The fraction of sp³-hybridized carbons (Fsp3) is 0.500. The third kappa shape index (κ3) is 1.95. The lowest BCUT2D eigenvalue weighted by Gasteiger charge is -2.16. The van der Waals surface area contributed by atoms with Crippen LogP contribution in [0.25, 0.3) is 0 Å². The molecule has 1 aromatic rings. The molecule has 0 radical (unpaired) electrons. The average Bonchev–Trinajstić information content (AvgIpc) is 2.65. The van der Waals surface area contributed by atoms with Crippen LogP contribution < -0.4 is 11.4 Å². The highest BCUT2D eigenvalue weighted by atomic mass is 16.5. The zero-order valence-electron chi connectivity index (χ0n) is 9.30. The molecule has 4 N–H and O–H groups in total. The Morgan fingerprint density at radius 3 is 2.94 bits per heavy atom. The largest absolute Gasteiger partial charge is 0.394 e. The lowest BCUT2D eigenvalue weighted by molar-refractivity contribution is -0.0469. The van der Waals surface area contributed by atoms with Gasteiger partial charge >= 0.3 is 5.69 Å². The number of aliphatic hydroxyl groups excluding tert-OH is 2. The first-order valence-electron chi connectivity index (χ1n) is 5.27. The topological polar surface area (TPSA) is 134 Å². The first-order chi connectivity index (χ1) is 8.58. The molecule has 0 spiro atoms. The highest BCUT2D eigenvalue weighted by molar-refractivity contribution is 5.23. The quantitative estimate of drug-likeness (QED) is 0.566. The predicted molar refractivity (Wildman–Crippen MR) is 59.0 cm³/mol. The summed E-state index contributed by atoms with van der Waals surface area (Å²) in [5.41, 5.74) is 4.68. The van der Waals surface area contributed by atoms with Crippen molar-refractivity contribution in [2.24, 2.45) is 5.92 Å². The monoisotopic (exact) mass is 252 g/mol. The van der Waals surface area contributed by atoms with Crippen LogP contribution in [0.5, 0.6) is 0 Å². The summed E-state index contributed by atoms with van der Waals surface area (Å²) in [7, 11) is 0. The van der Waals surface area contributed by atoms with E-state index in [0.29, 0.717) is 0 Å². The summed E-state index contributed by atoms with van der Waals surface area (Å²) in [6, 6.07) is 3.25.